The number of benzene rings is 2. The highest BCUT2D eigenvalue weighted by Gasteiger charge is 2.33. The summed E-state index contributed by atoms with van der Waals surface area (Å²) in [5, 5.41) is 4.82. The molecule has 0 spiro atoms. The highest BCUT2D eigenvalue weighted by atomic mass is 19.4. The third-order valence-corrected chi connectivity index (χ3v) is 3.85. The molecule has 0 aliphatic rings. The standard InChI is InChI=1S/C19H20F3N3O4/c1-11-5-3-6-12(9-11)13(24-18(23)27)10-16(26)25-17-14(28-2)7-4-8-15(17)29-19(20,21)22/h3-9,13H,10H2,1-2H3,(H,25,26)(H3,23,24,27). The van der Waals surface area contributed by atoms with Crippen molar-refractivity contribution in [3.8, 4) is 11.5 Å². The van der Waals surface area contributed by atoms with E-state index in [1.807, 2.05) is 13.0 Å². The van der Waals surface area contributed by atoms with Gasteiger partial charge in [0, 0.05) is 0 Å². The number of nitrogens with one attached hydrogen (secondary N) is 2. The third kappa shape index (κ3) is 6.59. The number of urea groups is 1. The van der Waals surface area contributed by atoms with E-state index in [0.29, 0.717) is 5.56 Å². The number of nitrogens with two attached hydrogens (primary N) is 1. The van der Waals surface area contributed by atoms with Gasteiger partial charge in [-0.3, -0.25) is 4.79 Å². The van der Waals surface area contributed by atoms with Crippen molar-refractivity contribution in [3.63, 3.8) is 0 Å². The van der Waals surface area contributed by atoms with Gasteiger partial charge in [-0.15, -0.1) is 13.2 Å². The molecule has 0 saturated carbocycles. The number of methoxy groups -OCH3 is 1. The largest absolute Gasteiger partial charge is 0.573 e. The fourth-order valence-corrected chi connectivity index (χ4v) is 2.70. The summed E-state index contributed by atoms with van der Waals surface area (Å²) in [7, 11) is 1.24. The van der Waals surface area contributed by atoms with Crippen molar-refractivity contribution in [1.82, 2.24) is 5.32 Å². The summed E-state index contributed by atoms with van der Waals surface area (Å²) in [6.45, 7) is 1.83. The lowest BCUT2D eigenvalue weighted by Crippen LogP contribution is -2.35. The Hall–Kier alpha value is -3.43. The number of hydrogen-bond acceptors (Lipinski definition) is 4. The Morgan fingerprint density at radius 1 is 1.14 bits per heavy atom. The Morgan fingerprint density at radius 2 is 1.79 bits per heavy atom. The summed E-state index contributed by atoms with van der Waals surface area (Å²) < 4.78 is 47.0. The number of rotatable bonds is 7. The van der Waals surface area contributed by atoms with Crippen molar-refractivity contribution in [1.29, 1.82) is 0 Å². The number of alkyl halides is 3. The first kappa shape index (κ1) is 21.9. The molecule has 0 aromatic heterocycles. The molecule has 29 heavy (non-hydrogen) atoms. The Labute approximate surface area is 165 Å². The number of para-hydroxylation sites is 1. The first-order chi connectivity index (χ1) is 13.6. The van der Waals surface area contributed by atoms with Crippen LogP contribution in [0.4, 0.5) is 23.7 Å². The van der Waals surface area contributed by atoms with Crippen molar-refractivity contribution in [2.24, 2.45) is 5.73 Å². The van der Waals surface area contributed by atoms with Gasteiger partial charge in [0.2, 0.25) is 5.91 Å². The van der Waals surface area contributed by atoms with E-state index in [-0.39, 0.29) is 17.9 Å². The molecule has 0 aliphatic heterocycles. The van der Waals surface area contributed by atoms with Gasteiger partial charge in [0.1, 0.15) is 11.4 Å². The Kier molecular flexibility index (Phi) is 6.92. The van der Waals surface area contributed by atoms with E-state index in [9.17, 15) is 22.8 Å². The van der Waals surface area contributed by atoms with Crippen LogP contribution in [0.2, 0.25) is 0 Å². The maximum absolute atomic E-state index is 12.7. The Bertz CT molecular complexity index is 887. The van der Waals surface area contributed by atoms with Gasteiger partial charge < -0.3 is 25.8 Å². The Balaban J connectivity index is 2.27. The molecule has 10 heteroatoms. The second-order valence-corrected chi connectivity index (χ2v) is 6.11. The molecule has 0 fully saturated rings. The number of aryl methyl sites for hydroxylation is 1. The van der Waals surface area contributed by atoms with E-state index in [2.05, 4.69) is 15.4 Å². The molecule has 4 N–H and O–H groups in total. The predicted molar refractivity (Wildman–Crippen MR) is 99.6 cm³/mol. The third-order valence-electron chi connectivity index (χ3n) is 3.85. The monoisotopic (exact) mass is 411 g/mol. The lowest BCUT2D eigenvalue weighted by atomic mass is 10.0. The van der Waals surface area contributed by atoms with Crippen LogP contribution in [-0.4, -0.2) is 25.4 Å². The number of carbonyl (C=O) groups is 2. The molecule has 1 atom stereocenters. The van der Waals surface area contributed by atoms with Crippen LogP contribution in [0.3, 0.4) is 0 Å². The summed E-state index contributed by atoms with van der Waals surface area (Å²) in [4.78, 5) is 23.9. The molecule has 0 aliphatic carbocycles. The van der Waals surface area contributed by atoms with E-state index in [1.165, 1.54) is 19.2 Å². The molecular formula is C19H20F3N3O4. The highest BCUT2D eigenvalue weighted by molar-refractivity contribution is 5.94. The summed E-state index contributed by atoms with van der Waals surface area (Å²) in [6, 6.07) is 9.12. The van der Waals surface area contributed by atoms with Crippen LogP contribution in [0.15, 0.2) is 42.5 Å². The molecule has 2 aromatic carbocycles. The van der Waals surface area contributed by atoms with Crippen LogP contribution in [0.1, 0.15) is 23.6 Å². The molecular weight excluding hydrogens is 391 g/mol. The number of carbonyl (C=O) groups excluding carboxylic acids is 2. The summed E-state index contributed by atoms with van der Waals surface area (Å²) in [5.41, 5.74) is 6.42. The van der Waals surface area contributed by atoms with Crippen molar-refractivity contribution >= 4 is 17.6 Å². The maximum Gasteiger partial charge on any atom is 0.573 e. The molecule has 3 amide bonds. The van der Waals surface area contributed by atoms with Crippen LogP contribution in [0.25, 0.3) is 0 Å². The molecule has 0 radical (unpaired) electrons. The molecule has 7 nitrogen and oxygen atoms in total. The topological polar surface area (TPSA) is 103 Å². The van der Waals surface area contributed by atoms with Gasteiger partial charge in [-0.25, -0.2) is 4.79 Å². The van der Waals surface area contributed by atoms with Crippen LogP contribution < -0.4 is 25.8 Å². The smallest absolute Gasteiger partial charge is 0.494 e. The van der Waals surface area contributed by atoms with Crippen LogP contribution in [0, 0.1) is 6.92 Å². The van der Waals surface area contributed by atoms with E-state index < -0.39 is 30.1 Å². The SMILES string of the molecule is COc1cccc(OC(F)(F)F)c1NC(=O)CC(NC(N)=O)c1cccc(C)c1. The normalized spacial score (nSPS) is 12.0. The second-order valence-electron chi connectivity index (χ2n) is 6.11. The van der Waals surface area contributed by atoms with Crippen LogP contribution in [0.5, 0.6) is 11.5 Å². The number of anilines is 1. The summed E-state index contributed by atoms with van der Waals surface area (Å²) >= 11 is 0. The average molecular weight is 411 g/mol. The highest BCUT2D eigenvalue weighted by Crippen LogP contribution is 2.37. The van der Waals surface area contributed by atoms with Gasteiger partial charge in [0.25, 0.3) is 0 Å². The van der Waals surface area contributed by atoms with Gasteiger partial charge in [0.05, 0.1) is 19.6 Å². The van der Waals surface area contributed by atoms with Gasteiger partial charge in [-0.2, -0.15) is 0 Å². The maximum atomic E-state index is 12.7. The first-order valence-corrected chi connectivity index (χ1v) is 8.44. The zero-order chi connectivity index (χ0) is 21.6. The predicted octanol–water partition coefficient (Wildman–Crippen LogP) is 3.64. The second kappa shape index (κ2) is 9.18. The molecule has 1 unspecified atom stereocenters. The van der Waals surface area contributed by atoms with E-state index in [0.717, 1.165) is 11.6 Å². The number of halogens is 3. The average Bonchev–Trinajstić information content (AvgIpc) is 2.61. The number of ether oxygens (including phenoxy) is 2. The van der Waals surface area contributed by atoms with Crippen molar-refractivity contribution in [2.75, 3.05) is 12.4 Å². The molecule has 0 heterocycles. The molecule has 2 rings (SSSR count). The van der Waals surface area contributed by atoms with Crippen LogP contribution >= 0.6 is 0 Å². The quantitative estimate of drug-likeness (QED) is 0.647. The summed E-state index contributed by atoms with van der Waals surface area (Å²) in [6.07, 6.45) is -5.24. The minimum absolute atomic E-state index is 0.0185. The fraction of sp³-hybridized carbons (Fsp3) is 0.263. The number of amides is 3. The zero-order valence-electron chi connectivity index (χ0n) is 15.7. The zero-order valence-corrected chi connectivity index (χ0v) is 15.7. The molecule has 2 aromatic rings. The van der Waals surface area contributed by atoms with Gasteiger partial charge in [0.15, 0.2) is 5.75 Å². The fourth-order valence-electron chi connectivity index (χ4n) is 2.70. The van der Waals surface area contributed by atoms with Gasteiger partial charge in [-0.1, -0.05) is 35.9 Å². The minimum Gasteiger partial charge on any atom is -0.494 e. The van der Waals surface area contributed by atoms with Crippen LogP contribution in [-0.2, 0) is 4.79 Å². The summed E-state index contributed by atoms with van der Waals surface area (Å²) in [5.74, 6) is -1.32. The number of primary amides is 1. The minimum atomic E-state index is -4.95. The first-order valence-electron chi connectivity index (χ1n) is 8.44. The molecule has 0 saturated heterocycles. The van der Waals surface area contributed by atoms with Crippen molar-refractivity contribution in [3.05, 3.63) is 53.6 Å². The van der Waals surface area contributed by atoms with Crippen molar-refractivity contribution < 1.29 is 32.2 Å². The lowest BCUT2D eigenvalue weighted by molar-refractivity contribution is -0.274. The van der Waals surface area contributed by atoms with E-state index in [4.69, 9.17) is 10.5 Å². The van der Waals surface area contributed by atoms with E-state index in [1.54, 1.807) is 18.2 Å². The van der Waals surface area contributed by atoms with Gasteiger partial charge in [-0.05, 0) is 24.6 Å². The molecule has 156 valence electrons. The van der Waals surface area contributed by atoms with Crippen molar-refractivity contribution in [2.45, 2.75) is 25.7 Å². The van der Waals surface area contributed by atoms with E-state index >= 15 is 0 Å². The molecule has 0 bridgehead atoms. The van der Waals surface area contributed by atoms with Gasteiger partial charge >= 0.3 is 12.4 Å². The Morgan fingerprint density at radius 3 is 2.38 bits per heavy atom. The number of hydrogen-bond donors (Lipinski definition) is 3. The lowest BCUT2D eigenvalue weighted by Gasteiger charge is -2.20.